The molecule has 0 radical (unpaired) electrons. The molecule has 24 heavy (non-hydrogen) atoms. The van der Waals surface area contributed by atoms with Gasteiger partial charge in [0.2, 0.25) is 5.91 Å². The molecule has 6 nitrogen and oxygen atoms in total. The lowest BCUT2D eigenvalue weighted by atomic mass is 10.2. The summed E-state index contributed by atoms with van der Waals surface area (Å²) in [6.45, 7) is 0.852. The van der Waals surface area contributed by atoms with Gasteiger partial charge in [-0.2, -0.15) is 0 Å². The molecule has 8 heteroatoms. The number of carboxylic acids is 1. The highest BCUT2D eigenvalue weighted by Gasteiger charge is 2.34. The van der Waals surface area contributed by atoms with Crippen LogP contribution in [-0.4, -0.2) is 40.4 Å². The molecule has 0 aromatic carbocycles. The van der Waals surface area contributed by atoms with E-state index in [2.05, 4.69) is 5.32 Å². The van der Waals surface area contributed by atoms with E-state index in [9.17, 15) is 14.4 Å². The van der Waals surface area contributed by atoms with Gasteiger partial charge in [0.05, 0.1) is 11.4 Å². The lowest BCUT2D eigenvalue weighted by Crippen LogP contribution is -2.45. The van der Waals surface area contributed by atoms with Crippen LogP contribution >= 0.6 is 22.7 Å². The molecule has 1 saturated heterocycles. The SMILES string of the molecule is O=C(O)c1ccc(CNC(=O)C2CCCN2C(=O)c2cccs2)s1. The molecule has 1 aliphatic rings. The van der Waals surface area contributed by atoms with Gasteiger partial charge in [0.25, 0.3) is 5.91 Å². The Labute approximate surface area is 146 Å². The largest absolute Gasteiger partial charge is 0.477 e. The zero-order valence-electron chi connectivity index (χ0n) is 12.7. The van der Waals surface area contributed by atoms with E-state index in [1.165, 1.54) is 17.4 Å². The number of thiophene rings is 2. The molecule has 2 N–H and O–H groups in total. The Hall–Kier alpha value is -2.19. The van der Waals surface area contributed by atoms with Crippen LogP contribution in [0.5, 0.6) is 0 Å². The van der Waals surface area contributed by atoms with Crippen LogP contribution in [0, 0.1) is 0 Å². The number of aromatic carboxylic acids is 1. The first kappa shape index (κ1) is 16.7. The third kappa shape index (κ3) is 3.49. The molecule has 0 saturated carbocycles. The smallest absolute Gasteiger partial charge is 0.345 e. The van der Waals surface area contributed by atoms with Crippen molar-refractivity contribution in [3.63, 3.8) is 0 Å². The van der Waals surface area contributed by atoms with E-state index in [1.54, 1.807) is 17.0 Å². The minimum Gasteiger partial charge on any atom is -0.477 e. The van der Waals surface area contributed by atoms with Crippen LogP contribution in [0.3, 0.4) is 0 Å². The average Bonchev–Trinajstić information content (AvgIpc) is 3.33. The highest BCUT2D eigenvalue weighted by molar-refractivity contribution is 7.13. The Bertz CT molecular complexity index is 754. The van der Waals surface area contributed by atoms with Gasteiger partial charge in [-0.25, -0.2) is 4.79 Å². The number of carbonyl (C=O) groups excluding carboxylic acids is 2. The molecule has 0 spiro atoms. The Morgan fingerprint density at radius 3 is 2.75 bits per heavy atom. The van der Waals surface area contributed by atoms with Crippen molar-refractivity contribution in [1.82, 2.24) is 10.2 Å². The minimum absolute atomic E-state index is 0.105. The summed E-state index contributed by atoms with van der Waals surface area (Å²) in [7, 11) is 0. The zero-order chi connectivity index (χ0) is 17.1. The van der Waals surface area contributed by atoms with Crippen LogP contribution in [0.4, 0.5) is 0 Å². The van der Waals surface area contributed by atoms with Crippen LogP contribution in [-0.2, 0) is 11.3 Å². The predicted octanol–water partition coefficient (Wildman–Crippen LogP) is 2.43. The number of nitrogens with zero attached hydrogens (tertiary/aromatic N) is 1. The van der Waals surface area contributed by atoms with Gasteiger partial charge < -0.3 is 15.3 Å². The first-order valence-corrected chi connectivity index (χ1v) is 9.20. The molecular weight excluding hydrogens is 348 g/mol. The van der Waals surface area contributed by atoms with Crippen LogP contribution < -0.4 is 5.32 Å². The summed E-state index contributed by atoms with van der Waals surface area (Å²) in [4.78, 5) is 39.1. The van der Waals surface area contributed by atoms with E-state index < -0.39 is 12.0 Å². The maximum Gasteiger partial charge on any atom is 0.345 e. The highest BCUT2D eigenvalue weighted by atomic mass is 32.1. The first-order valence-electron chi connectivity index (χ1n) is 7.50. The highest BCUT2D eigenvalue weighted by Crippen LogP contribution is 2.23. The van der Waals surface area contributed by atoms with Gasteiger partial charge in [0.1, 0.15) is 10.9 Å². The number of hydrogen-bond donors (Lipinski definition) is 2. The zero-order valence-corrected chi connectivity index (χ0v) is 14.4. The van der Waals surface area contributed by atoms with Gasteiger partial charge in [-0.3, -0.25) is 9.59 Å². The summed E-state index contributed by atoms with van der Waals surface area (Å²) in [6.07, 6.45) is 1.45. The fraction of sp³-hybridized carbons (Fsp3) is 0.312. The molecular formula is C16H16N2O4S2. The summed E-state index contributed by atoms with van der Waals surface area (Å²) in [5, 5.41) is 13.6. The summed E-state index contributed by atoms with van der Waals surface area (Å²) in [5.74, 6) is -1.27. The maximum atomic E-state index is 12.5. The number of carboxylic acid groups (broad SMARTS) is 1. The second-order valence-electron chi connectivity index (χ2n) is 5.42. The molecule has 1 atom stereocenters. The first-order chi connectivity index (χ1) is 11.6. The summed E-state index contributed by atoms with van der Waals surface area (Å²) in [5.41, 5.74) is 0. The second-order valence-corrected chi connectivity index (χ2v) is 7.54. The number of carbonyl (C=O) groups is 3. The summed E-state index contributed by atoms with van der Waals surface area (Å²) >= 11 is 2.51. The van der Waals surface area contributed by atoms with Crippen molar-refractivity contribution in [1.29, 1.82) is 0 Å². The van der Waals surface area contributed by atoms with Gasteiger partial charge in [0, 0.05) is 11.4 Å². The minimum atomic E-state index is -0.971. The summed E-state index contributed by atoms with van der Waals surface area (Å²) in [6, 6.07) is 6.34. The van der Waals surface area contributed by atoms with Crippen molar-refractivity contribution in [2.75, 3.05) is 6.54 Å². The Morgan fingerprint density at radius 1 is 1.25 bits per heavy atom. The Balaban J connectivity index is 1.61. The normalized spacial score (nSPS) is 17.0. The van der Waals surface area contributed by atoms with Crippen molar-refractivity contribution >= 4 is 40.5 Å². The Kier molecular flexibility index (Phi) is 4.96. The molecule has 0 bridgehead atoms. The summed E-state index contributed by atoms with van der Waals surface area (Å²) < 4.78 is 0. The van der Waals surface area contributed by atoms with Crippen LogP contribution in [0.25, 0.3) is 0 Å². The van der Waals surface area contributed by atoms with E-state index in [1.807, 2.05) is 11.4 Å². The molecule has 2 aromatic heterocycles. The molecule has 3 heterocycles. The lowest BCUT2D eigenvalue weighted by Gasteiger charge is -2.23. The number of hydrogen-bond acceptors (Lipinski definition) is 5. The van der Waals surface area contributed by atoms with E-state index in [-0.39, 0.29) is 23.2 Å². The van der Waals surface area contributed by atoms with Gasteiger partial charge in [-0.05, 0) is 36.4 Å². The van der Waals surface area contributed by atoms with Crippen LogP contribution in [0.15, 0.2) is 29.6 Å². The number of nitrogens with one attached hydrogen (secondary N) is 1. The van der Waals surface area contributed by atoms with Crippen molar-refractivity contribution in [2.45, 2.75) is 25.4 Å². The van der Waals surface area contributed by atoms with Crippen molar-refractivity contribution < 1.29 is 19.5 Å². The fourth-order valence-electron chi connectivity index (χ4n) is 2.70. The molecule has 1 fully saturated rings. The van der Waals surface area contributed by atoms with E-state index >= 15 is 0 Å². The van der Waals surface area contributed by atoms with E-state index in [4.69, 9.17) is 5.11 Å². The topological polar surface area (TPSA) is 86.7 Å². The average molecular weight is 364 g/mol. The quantitative estimate of drug-likeness (QED) is 0.853. The van der Waals surface area contributed by atoms with E-state index in [0.717, 1.165) is 22.6 Å². The molecule has 1 unspecified atom stereocenters. The van der Waals surface area contributed by atoms with Gasteiger partial charge in [0.15, 0.2) is 0 Å². The maximum absolute atomic E-state index is 12.5. The predicted molar refractivity (Wildman–Crippen MR) is 91.5 cm³/mol. The monoisotopic (exact) mass is 364 g/mol. The van der Waals surface area contributed by atoms with Gasteiger partial charge >= 0.3 is 5.97 Å². The van der Waals surface area contributed by atoms with Crippen LogP contribution in [0.1, 0.15) is 37.1 Å². The number of likely N-dealkylation sites (tertiary alicyclic amines) is 1. The molecule has 2 aromatic rings. The fourth-order valence-corrected chi connectivity index (χ4v) is 4.17. The molecule has 3 rings (SSSR count). The second kappa shape index (κ2) is 7.14. The van der Waals surface area contributed by atoms with Gasteiger partial charge in [-0.1, -0.05) is 6.07 Å². The molecule has 126 valence electrons. The molecule has 2 amide bonds. The standard InChI is InChI=1S/C16H16N2O4S2/c19-14(17-9-10-5-6-13(24-10)16(21)22)11-3-1-7-18(11)15(20)12-4-2-8-23-12/h2,4-6,8,11H,1,3,7,9H2,(H,17,19)(H,21,22). The third-order valence-corrected chi connectivity index (χ3v) is 5.79. The van der Waals surface area contributed by atoms with Crippen molar-refractivity contribution in [3.05, 3.63) is 44.3 Å². The van der Waals surface area contributed by atoms with Crippen molar-refractivity contribution in [2.24, 2.45) is 0 Å². The van der Waals surface area contributed by atoms with E-state index in [0.29, 0.717) is 17.8 Å². The third-order valence-electron chi connectivity index (χ3n) is 3.86. The van der Waals surface area contributed by atoms with Gasteiger partial charge in [-0.15, -0.1) is 22.7 Å². The Morgan fingerprint density at radius 2 is 2.08 bits per heavy atom. The lowest BCUT2D eigenvalue weighted by molar-refractivity contribution is -0.125. The van der Waals surface area contributed by atoms with Crippen LogP contribution in [0.2, 0.25) is 0 Å². The van der Waals surface area contributed by atoms with Crippen molar-refractivity contribution in [3.8, 4) is 0 Å². The number of amides is 2. The molecule has 1 aliphatic heterocycles. The number of rotatable bonds is 5. The molecule has 0 aliphatic carbocycles.